The standard InChI is InChI=1S/C10H12BrN5/c1-6-10(11)7(2)16(15-6)9-4-3-8(5-12)13-14-9/h3-4H,5,12H2,1-2H3. The van der Waals surface area contributed by atoms with E-state index in [1.165, 1.54) is 0 Å². The van der Waals surface area contributed by atoms with Gasteiger partial charge in [-0.2, -0.15) is 10.2 Å². The highest BCUT2D eigenvalue weighted by atomic mass is 79.9. The number of aryl methyl sites for hydroxylation is 1. The molecule has 0 amide bonds. The van der Waals surface area contributed by atoms with Crippen molar-refractivity contribution in [3.8, 4) is 5.82 Å². The number of hydrogen-bond donors (Lipinski definition) is 1. The summed E-state index contributed by atoms with van der Waals surface area (Å²) < 4.78 is 2.75. The molecule has 2 aromatic rings. The van der Waals surface area contributed by atoms with Crippen molar-refractivity contribution >= 4 is 15.9 Å². The van der Waals surface area contributed by atoms with Crippen LogP contribution < -0.4 is 5.73 Å². The second-order valence-electron chi connectivity index (χ2n) is 3.48. The topological polar surface area (TPSA) is 69.6 Å². The van der Waals surface area contributed by atoms with Crippen molar-refractivity contribution in [2.24, 2.45) is 5.73 Å². The molecule has 5 nitrogen and oxygen atoms in total. The lowest BCUT2D eigenvalue weighted by Crippen LogP contribution is -2.06. The van der Waals surface area contributed by atoms with Gasteiger partial charge in [-0.1, -0.05) is 0 Å². The molecule has 0 aliphatic carbocycles. The summed E-state index contributed by atoms with van der Waals surface area (Å²) in [5.41, 5.74) is 8.17. The first-order chi connectivity index (χ1) is 7.63. The summed E-state index contributed by atoms with van der Waals surface area (Å²) in [7, 11) is 0. The first-order valence-corrected chi connectivity index (χ1v) is 5.67. The third-order valence-electron chi connectivity index (χ3n) is 2.33. The largest absolute Gasteiger partial charge is 0.325 e. The van der Waals surface area contributed by atoms with E-state index in [0.717, 1.165) is 21.6 Å². The van der Waals surface area contributed by atoms with Gasteiger partial charge < -0.3 is 5.73 Å². The average molecular weight is 282 g/mol. The van der Waals surface area contributed by atoms with Crippen molar-refractivity contribution in [3.05, 3.63) is 33.7 Å². The summed E-state index contributed by atoms with van der Waals surface area (Å²) >= 11 is 3.47. The van der Waals surface area contributed by atoms with Gasteiger partial charge in [0.2, 0.25) is 0 Å². The lowest BCUT2D eigenvalue weighted by Gasteiger charge is -2.02. The number of halogens is 1. The van der Waals surface area contributed by atoms with E-state index in [1.54, 1.807) is 4.68 Å². The van der Waals surface area contributed by atoms with Crippen LogP contribution in [0.2, 0.25) is 0 Å². The first-order valence-electron chi connectivity index (χ1n) is 4.88. The van der Waals surface area contributed by atoms with Crippen molar-refractivity contribution in [1.82, 2.24) is 20.0 Å². The Labute approximate surface area is 102 Å². The Kier molecular flexibility index (Phi) is 3.02. The molecule has 2 aromatic heterocycles. The van der Waals surface area contributed by atoms with Crippen molar-refractivity contribution in [1.29, 1.82) is 0 Å². The number of hydrogen-bond acceptors (Lipinski definition) is 4. The fourth-order valence-electron chi connectivity index (χ4n) is 1.42. The van der Waals surface area contributed by atoms with Gasteiger partial charge in [0, 0.05) is 6.54 Å². The number of nitrogens with two attached hydrogens (primary N) is 1. The molecule has 84 valence electrons. The van der Waals surface area contributed by atoms with Crippen LogP contribution in [0.4, 0.5) is 0 Å². The van der Waals surface area contributed by atoms with Crippen LogP contribution >= 0.6 is 15.9 Å². The molecule has 0 saturated carbocycles. The molecule has 0 radical (unpaired) electrons. The van der Waals surface area contributed by atoms with Crippen LogP contribution in [-0.4, -0.2) is 20.0 Å². The highest BCUT2D eigenvalue weighted by molar-refractivity contribution is 9.10. The fraction of sp³-hybridized carbons (Fsp3) is 0.300. The maximum Gasteiger partial charge on any atom is 0.175 e. The average Bonchev–Trinajstić information content (AvgIpc) is 2.57. The highest BCUT2D eigenvalue weighted by Crippen LogP contribution is 2.21. The van der Waals surface area contributed by atoms with Crippen LogP contribution in [0.5, 0.6) is 0 Å². The molecule has 0 bridgehead atoms. The van der Waals surface area contributed by atoms with E-state index in [-0.39, 0.29) is 0 Å². The van der Waals surface area contributed by atoms with Gasteiger partial charge >= 0.3 is 0 Å². The molecule has 0 aliphatic rings. The number of rotatable bonds is 2. The van der Waals surface area contributed by atoms with Crippen LogP contribution in [0.3, 0.4) is 0 Å². The normalized spacial score (nSPS) is 10.8. The molecule has 0 spiro atoms. The minimum atomic E-state index is 0.397. The molecule has 0 atom stereocenters. The molecule has 2 rings (SSSR count). The van der Waals surface area contributed by atoms with Gasteiger partial charge in [0.25, 0.3) is 0 Å². The minimum absolute atomic E-state index is 0.397. The first kappa shape index (κ1) is 11.2. The lowest BCUT2D eigenvalue weighted by molar-refractivity contribution is 0.767. The smallest absolute Gasteiger partial charge is 0.175 e. The minimum Gasteiger partial charge on any atom is -0.325 e. The van der Waals surface area contributed by atoms with E-state index in [9.17, 15) is 0 Å². The Morgan fingerprint density at radius 3 is 2.50 bits per heavy atom. The number of nitrogens with zero attached hydrogens (tertiary/aromatic N) is 4. The van der Waals surface area contributed by atoms with Gasteiger partial charge in [0.15, 0.2) is 5.82 Å². The third-order valence-corrected chi connectivity index (χ3v) is 3.48. The zero-order valence-electron chi connectivity index (χ0n) is 9.11. The zero-order valence-corrected chi connectivity index (χ0v) is 10.7. The van der Waals surface area contributed by atoms with Crippen molar-refractivity contribution in [3.63, 3.8) is 0 Å². The molecule has 16 heavy (non-hydrogen) atoms. The van der Waals surface area contributed by atoms with E-state index in [1.807, 2.05) is 26.0 Å². The molecule has 0 unspecified atom stereocenters. The molecule has 0 saturated heterocycles. The summed E-state index contributed by atoms with van der Waals surface area (Å²) in [6, 6.07) is 3.72. The van der Waals surface area contributed by atoms with Gasteiger partial charge in [-0.3, -0.25) is 0 Å². The van der Waals surface area contributed by atoms with Gasteiger partial charge in [-0.05, 0) is 41.9 Å². The summed E-state index contributed by atoms with van der Waals surface area (Å²) in [4.78, 5) is 0. The van der Waals surface area contributed by atoms with Crippen molar-refractivity contribution < 1.29 is 0 Å². The Balaban J connectivity index is 2.46. The van der Waals surface area contributed by atoms with E-state index in [4.69, 9.17) is 5.73 Å². The molecular weight excluding hydrogens is 270 g/mol. The molecule has 2 N–H and O–H groups in total. The maximum absolute atomic E-state index is 5.46. The highest BCUT2D eigenvalue weighted by Gasteiger charge is 2.11. The Hall–Kier alpha value is -1.27. The number of aromatic nitrogens is 4. The molecule has 6 heteroatoms. The van der Waals surface area contributed by atoms with Gasteiger partial charge in [0.1, 0.15) is 0 Å². The van der Waals surface area contributed by atoms with Crippen molar-refractivity contribution in [2.75, 3.05) is 0 Å². The van der Waals surface area contributed by atoms with E-state index in [0.29, 0.717) is 12.4 Å². The predicted octanol–water partition coefficient (Wildman–Crippen LogP) is 1.50. The van der Waals surface area contributed by atoms with Gasteiger partial charge in [-0.15, -0.1) is 5.10 Å². The van der Waals surface area contributed by atoms with Crippen LogP contribution in [0, 0.1) is 13.8 Å². The quantitative estimate of drug-likeness (QED) is 0.906. The third kappa shape index (κ3) is 1.85. The Bertz CT molecular complexity index is 503. The Morgan fingerprint density at radius 1 is 1.31 bits per heavy atom. The predicted molar refractivity (Wildman–Crippen MR) is 64.2 cm³/mol. The van der Waals surface area contributed by atoms with Crippen molar-refractivity contribution in [2.45, 2.75) is 20.4 Å². The molecule has 2 heterocycles. The summed E-state index contributed by atoms with van der Waals surface area (Å²) in [6.07, 6.45) is 0. The van der Waals surface area contributed by atoms with Crippen LogP contribution in [0.1, 0.15) is 17.1 Å². The maximum atomic E-state index is 5.46. The second kappa shape index (κ2) is 4.31. The van der Waals surface area contributed by atoms with E-state index >= 15 is 0 Å². The van der Waals surface area contributed by atoms with E-state index < -0.39 is 0 Å². The zero-order chi connectivity index (χ0) is 11.7. The summed E-state index contributed by atoms with van der Waals surface area (Å²) in [6.45, 7) is 4.31. The second-order valence-corrected chi connectivity index (χ2v) is 4.28. The molecule has 0 aromatic carbocycles. The Morgan fingerprint density at radius 2 is 2.06 bits per heavy atom. The fourth-order valence-corrected chi connectivity index (χ4v) is 1.67. The lowest BCUT2D eigenvalue weighted by atomic mass is 10.4. The van der Waals surface area contributed by atoms with Crippen LogP contribution in [0.25, 0.3) is 5.82 Å². The van der Waals surface area contributed by atoms with Crippen LogP contribution in [-0.2, 0) is 6.54 Å². The molecule has 0 fully saturated rings. The molecule has 0 aliphatic heterocycles. The van der Waals surface area contributed by atoms with Gasteiger partial charge in [0.05, 0.1) is 21.6 Å². The van der Waals surface area contributed by atoms with Crippen LogP contribution in [0.15, 0.2) is 16.6 Å². The molecular formula is C10H12BrN5. The monoisotopic (exact) mass is 281 g/mol. The van der Waals surface area contributed by atoms with Gasteiger partial charge in [-0.25, -0.2) is 4.68 Å². The SMILES string of the molecule is Cc1nn(-c2ccc(CN)nn2)c(C)c1Br. The summed E-state index contributed by atoms with van der Waals surface area (Å²) in [5.74, 6) is 0.698. The summed E-state index contributed by atoms with van der Waals surface area (Å²) in [5, 5.41) is 12.5. The van der Waals surface area contributed by atoms with E-state index in [2.05, 4.69) is 31.2 Å².